The van der Waals surface area contributed by atoms with Crippen molar-refractivity contribution in [3.8, 4) is 0 Å². The second-order valence-corrected chi connectivity index (χ2v) is 7.00. The molecule has 1 amide bonds. The molecule has 1 aliphatic carbocycles. The summed E-state index contributed by atoms with van der Waals surface area (Å²) in [5.74, 6) is 1.75. The minimum absolute atomic E-state index is 0.00379. The maximum atomic E-state index is 12.5. The molecule has 4 N–H and O–H groups in total. The van der Waals surface area contributed by atoms with Crippen LogP contribution in [0.1, 0.15) is 59.3 Å². The molecule has 1 fully saturated rings. The minimum atomic E-state index is -0.313. The van der Waals surface area contributed by atoms with Crippen LogP contribution in [0.4, 0.5) is 17.5 Å². The van der Waals surface area contributed by atoms with E-state index in [0.29, 0.717) is 17.5 Å². The quantitative estimate of drug-likeness (QED) is 0.777. The van der Waals surface area contributed by atoms with Crippen LogP contribution in [-0.2, 0) is 5.54 Å². The van der Waals surface area contributed by atoms with E-state index in [2.05, 4.69) is 20.6 Å². The van der Waals surface area contributed by atoms with Crippen molar-refractivity contribution in [3.63, 3.8) is 0 Å². The van der Waals surface area contributed by atoms with Crippen molar-refractivity contribution >= 4 is 23.4 Å². The predicted octanol–water partition coefficient (Wildman–Crippen LogP) is 2.72. The summed E-state index contributed by atoms with van der Waals surface area (Å²) in [5, 5.41) is 6.45. The lowest BCUT2D eigenvalue weighted by Crippen LogP contribution is -2.41. The fourth-order valence-corrected chi connectivity index (χ4v) is 3.94. The van der Waals surface area contributed by atoms with Gasteiger partial charge in [0.1, 0.15) is 23.8 Å². The van der Waals surface area contributed by atoms with Crippen LogP contribution < -0.4 is 16.4 Å². The third-order valence-corrected chi connectivity index (χ3v) is 5.33. The van der Waals surface area contributed by atoms with Gasteiger partial charge in [0.15, 0.2) is 0 Å². The van der Waals surface area contributed by atoms with E-state index in [1.165, 1.54) is 12.7 Å². The maximum absolute atomic E-state index is 12.5. The Morgan fingerprint density at radius 2 is 1.96 bits per heavy atom. The SMILES string of the molecule is Cc1cc(Nc2ncnc(N)c2C)nc2c1C(=O)NC21CCCCC1. The Morgan fingerprint density at radius 1 is 1.20 bits per heavy atom. The van der Waals surface area contributed by atoms with Gasteiger partial charge in [-0.25, -0.2) is 15.0 Å². The summed E-state index contributed by atoms with van der Waals surface area (Å²) in [4.78, 5) is 25.6. The summed E-state index contributed by atoms with van der Waals surface area (Å²) >= 11 is 0. The van der Waals surface area contributed by atoms with Gasteiger partial charge in [0, 0.05) is 5.56 Å². The van der Waals surface area contributed by atoms with Crippen molar-refractivity contribution in [1.29, 1.82) is 0 Å². The number of carbonyl (C=O) groups is 1. The van der Waals surface area contributed by atoms with E-state index in [0.717, 1.165) is 48.1 Å². The summed E-state index contributed by atoms with van der Waals surface area (Å²) in [6.45, 7) is 3.82. The number of rotatable bonds is 2. The van der Waals surface area contributed by atoms with Gasteiger partial charge in [0.05, 0.1) is 16.8 Å². The minimum Gasteiger partial charge on any atom is -0.383 e. The van der Waals surface area contributed by atoms with E-state index >= 15 is 0 Å². The average molecular weight is 338 g/mol. The standard InChI is InChI=1S/C18H22N6O/c1-10-8-12(23-16-11(2)15(19)20-9-21-16)22-14-13(10)17(25)24-18(14)6-4-3-5-7-18/h8-9H,3-7H2,1-2H3,(H,24,25)(H3,19,20,21,22,23). The zero-order chi connectivity index (χ0) is 17.6. The maximum Gasteiger partial charge on any atom is 0.254 e. The van der Waals surface area contributed by atoms with Gasteiger partial charge in [-0.05, 0) is 38.3 Å². The molecule has 2 aliphatic rings. The van der Waals surface area contributed by atoms with Gasteiger partial charge in [-0.3, -0.25) is 4.79 Å². The van der Waals surface area contributed by atoms with Gasteiger partial charge in [0.2, 0.25) is 0 Å². The number of anilines is 3. The number of fused-ring (bicyclic) bond motifs is 2. The first-order valence-corrected chi connectivity index (χ1v) is 8.69. The lowest BCUT2D eigenvalue weighted by atomic mass is 9.79. The predicted molar refractivity (Wildman–Crippen MR) is 95.7 cm³/mol. The summed E-state index contributed by atoms with van der Waals surface area (Å²) in [6.07, 6.45) is 6.75. The second kappa shape index (κ2) is 5.68. The third kappa shape index (κ3) is 2.50. The Morgan fingerprint density at radius 3 is 2.72 bits per heavy atom. The largest absolute Gasteiger partial charge is 0.383 e. The fraction of sp³-hybridized carbons (Fsp3) is 0.444. The number of aromatic nitrogens is 3. The summed E-state index contributed by atoms with van der Waals surface area (Å²) < 4.78 is 0. The number of nitrogens with two attached hydrogens (primary N) is 1. The summed E-state index contributed by atoms with van der Waals surface area (Å²) in [7, 11) is 0. The highest BCUT2D eigenvalue weighted by Crippen LogP contribution is 2.43. The fourth-order valence-electron chi connectivity index (χ4n) is 3.94. The van der Waals surface area contributed by atoms with E-state index in [1.807, 2.05) is 19.9 Å². The van der Waals surface area contributed by atoms with Gasteiger partial charge in [0.25, 0.3) is 5.91 Å². The van der Waals surface area contributed by atoms with Gasteiger partial charge in [-0.15, -0.1) is 0 Å². The molecular formula is C18H22N6O. The van der Waals surface area contributed by atoms with Crippen LogP contribution in [0, 0.1) is 13.8 Å². The van der Waals surface area contributed by atoms with Crippen molar-refractivity contribution < 1.29 is 4.79 Å². The first-order chi connectivity index (χ1) is 12.0. The first kappa shape index (κ1) is 15.8. The number of carbonyl (C=O) groups excluding carboxylic acids is 1. The van der Waals surface area contributed by atoms with Crippen molar-refractivity contribution in [2.24, 2.45) is 0 Å². The normalized spacial score (nSPS) is 18.1. The third-order valence-electron chi connectivity index (χ3n) is 5.33. The number of nitrogens with one attached hydrogen (secondary N) is 2. The molecule has 3 heterocycles. The number of nitrogen functional groups attached to an aromatic ring is 1. The van der Waals surface area contributed by atoms with Crippen molar-refractivity contribution in [2.75, 3.05) is 11.1 Å². The smallest absolute Gasteiger partial charge is 0.254 e. The van der Waals surface area contributed by atoms with Gasteiger partial charge in [-0.1, -0.05) is 19.3 Å². The summed E-state index contributed by atoms with van der Waals surface area (Å²) in [6, 6.07) is 1.89. The molecule has 0 bridgehead atoms. The molecule has 0 unspecified atom stereocenters. The van der Waals surface area contributed by atoms with Gasteiger partial charge in [-0.2, -0.15) is 0 Å². The number of hydrogen-bond donors (Lipinski definition) is 3. The molecule has 1 spiro atoms. The van der Waals surface area contributed by atoms with Crippen molar-refractivity contribution in [1.82, 2.24) is 20.3 Å². The highest BCUT2D eigenvalue weighted by Gasteiger charge is 2.45. The molecule has 7 nitrogen and oxygen atoms in total. The molecule has 2 aromatic rings. The Labute approximate surface area is 146 Å². The number of hydrogen-bond acceptors (Lipinski definition) is 6. The Kier molecular flexibility index (Phi) is 3.59. The lowest BCUT2D eigenvalue weighted by Gasteiger charge is -2.33. The molecule has 25 heavy (non-hydrogen) atoms. The van der Waals surface area contributed by atoms with E-state index in [1.54, 1.807) is 0 Å². The molecule has 1 saturated carbocycles. The average Bonchev–Trinajstić information content (AvgIpc) is 2.85. The van der Waals surface area contributed by atoms with Crippen LogP contribution in [0.15, 0.2) is 12.4 Å². The van der Waals surface area contributed by atoms with Crippen LogP contribution in [0.25, 0.3) is 0 Å². The molecule has 4 rings (SSSR count). The topological polar surface area (TPSA) is 106 Å². The number of pyridine rings is 1. The van der Waals surface area contributed by atoms with Crippen LogP contribution in [0.5, 0.6) is 0 Å². The number of amides is 1. The first-order valence-electron chi connectivity index (χ1n) is 8.69. The number of nitrogens with zero attached hydrogens (tertiary/aromatic N) is 3. The van der Waals surface area contributed by atoms with Crippen LogP contribution in [-0.4, -0.2) is 20.9 Å². The van der Waals surface area contributed by atoms with E-state index < -0.39 is 0 Å². The molecule has 1 aliphatic heterocycles. The highest BCUT2D eigenvalue weighted by molar-refractivity contribution is 6.01. The zero-order valence-corrected chi connectivity index (χ0v) is 14.5. The van der Waals surface area contributed by atoms with E-state index in [4.69, 9.17) is 10.7 Å². The molecule has 2 aromatic heterocycles. The lowest BCUT2D eigenvalue weighted by molar-refractivity contribution is 0.0908. The monoisotopic (exact) mass is 338 g/mol. The Hall–Kier alpha value is -2.70. The molecule has 7 heteroatoms. The molecule has 0 radical (unpaired) electrons. The molecular weight excluding hydrogens is 316 g/mol. The van der Waals surface area contributed by atoms with E-state index in [9.17, 15) is 4.79 Å². The highest BCUT2D eigenvalue weighted by atomic mass is 16.2. The zero-order valence-electron chi connectivity index (χ0n) is 14.5. The van der Waals surface area contributed by atoms with Gasteiger partial charge >= 0.3 is 0 Å². The molecule has 130 valence electrons. The Bertz CT molecular complexity index is 857. The van der Waals surface area contributed by atoms with Crippen molar-refractivity contribution in [2.45, 2.75) is 51.5 Å². The molecule has 0 atom stereocenters. The molecule has 0 saturated heterocycles. The molecule has 0 aromatic carbocycles. The van der Waals surface area contributed by atoms with Crippen molar-refractivity contribution in [3.05, 3.63) is 34.8 Å². The van der Waals surface area contributed by atoms with Crippen LogP contribution in [0.3, 0.4) is 0 Å². The number of aryl methyl sites for hydroxylation is 1. The van der Waals surface area contributed by atoms with Crippen LogP contribution in [0.2, 0.25) is 0 Å². The van der Waals surface area contributed by atoms with Crippen LogP contribution >= 0.6 is 0 Å². The second-order valence-electron chi connectivity index (χ2n) is 7.00. The Balaban J connectivity index is 1.77. The summed E-state index contributed by atoms with van der Waals surface area (Å²) in [5.41, 5.74) is 8.85. The van der Waals surface area contributed by atoms with Gasteiger partial charge < -0.3 is 16.4 Å². The van der Waals surface area contributed by atoms with E-state index in [-0.39, 0.29) is 11.4 Å².